The molecule has 2 N–H and O–H groups in total. The van der Waals surface area contributed by atoms with Gasteiger partial charge < -0.3 is 29.2 Å². The summed E-state index contributed by atoms with van der Waals surface area (Å²) in [6.07, 6.45) is 1.35. The number of carbonyl (C=O) groups is 1. The Bertz CT molecular complexity index is 1090. The maximum Gasteiger partial charge on any atom is 0.340 e. The number of ether oxygens (including phenoxy) is 4. The Balaban J connectivity index is 2.42. The second kappa shape index (κ2) is 9.92. The van der Waals surface area contributed by atoms with Gasteiger partial charge in [-0.3, -0.25) is 0 Å². The average molecular weight is 467 g/mol. The fourth-order valence-electron chi connectivity index (χ4n) is 2.99. The van der Waals surface area contributed by atoms with E-state index in [1.165, 1.54) is 52.7 Å². The smallest absolute Gasteiger partial charge is 0.340 e. The van der Waals surface area contributed by atoms with Gasteiger partial charge in [0, 0.05) is 23.1 Å². The molecule has 2 aromatic carbocycles. The molecule has 1 unspecified atom stereocenters. The first-order valence-electron chi connectivity index (χ1n) is 9.33. The maximum atomic E-state index is 12.7. The van der Waals surface area contributed by atoms with Crippen molar-refractivity contribution in [3.63, 3.8) is 0 Å². The molecule has 0 heterocycles. The van der Waals surface area contributed by atoms with Crippen LogP contribution in [0.15, 0.2) is 35.7 Å². The molecule has 0 amide bonds. The quantitative estimate of drug-likeness (QED) is 0.543. The van der Waals surface area contributed by atoms with Gasteiger partial charge in [0.2, 0.25) is 0 Å². The highest BCUT2D eigenvalue weighted by atomic mass is 32.2. The molecule has 0 saturated heterocycles. The molecule has 0 saturated carbocycles. The van der Waals surface area contributed by atoms with Crippen molar-refractivity contribution in [1.82, 2.24) is 0 Å². The first-order chi connectivity index (χ1) is 15.0. The van der Waals surface area contributed by atoms with Gasteiger partial charge in [-0.25, -0.2) is 13.2 Å². The summed E-state index contributed by atoms with van der Waals surface area (Å²) in [4.78, 5) is 11.4. The van der Waals surface area contributed by atoms with Crippen molar-refractivity contribution >= 4 is 21.9 Å². The minimum absolute atomic E-state index is 0.0531. The number of methoxy groups -OCH3 is 4. The molecular weight excluding hydrogens is 440 g/mol. The molecule has 32 heavy (non-hydrogen) atoms. The van der Waals surface area contributed by atoms with E-state index in [1.54, 1.807) is 12.1 Å². The molecule has 1 atom stereocenters. The van der Waals surface area contributed by atoms with Crippen molar-refractivity contribution in [2.75, 3.05) is 28.4 Å². The van der Waals surface area contributed by atoms with Crippen molar-refractivity contribution < 1.29 is 42.4 Å². The Morgan fingerprint density at radius 2 is 1.53 bits per heavy atom. The van der Waals surface area contributed by atoms with E-state index in [9.17, 15) is 23.4 Å². The molecule has 0 aliphatic rings. The zero-order valence-corrected chi connectivity index (χ0v) is 19.2. The number of hydrogen-bond acceptors (Lipinski definition) is 8. The van der Waals surface area contributed by atoms with Crippen LogP contribution in [0.3, 0.4) is 0 Å². The summed E-state index contributed by atoms with van der Waals surface area (Å²) in [5.74, 6) is -0.600. The molecule has 9 nitrogen and oxygen atoms in total. The van der Waals surface area contributed by atoms with Gasteiger partial charge in [-0.2, -0.15) is 0 Å². The van der Waals surface area contributed by atoms with Gasteiger partial charge in [0.05, 0.1) is 39.8 Å². The average Bonchev–Trinajstić information content (AvgIpc) is 2.76. The van der Waals surface area contributed by atoms with E-state index in [4.69, 9.17) is 18.9 Å². The minimum atomic E-state index is -3.79. The SMILES string of the molecule is COc1cc(OC)c(C=CS(=O)(=O)Cc2ccc(OC)c(C(C)(O)C(=O)O)c2)c(OC)c1. The number of carboxylic acid groups (broad SMARTS) is 1. The Kier molecular flexibility index (Phi) is 7.76. The summed E-state index contributed by atoms with van der Waals surface area (Å²) >= 11 is 0. The highest BCUT2D eigenvalue weighted by Gasteiger charge is 2.35. The highest BCUT2D eigenvalue weighted by molar-refractivity contribution is 7.93. The van der Waals surface area contributed by atoms with E-state index in [1.807, 2.05) is 0 Å². The lowest BCUT2D eigenvalue weighted by Crippen LogP contribution is -2.32. The normalized spacial score (nSPS) is 13.4. The monoisotopic (exact) mass is 466 g/mol. The number of rotatable bonds is 10. The van der Waals surface area contributed by atoms with Crippen LogP contribution in [-0.4, -0.2) is 53.0 Å². The third kappa shape index (κ3) is 5.51. The number of aliphatic carboxylic acids is 1. The van der Waals surface area contributed by atoms with Crippen LogP contribution in [0, 0.1) is 0 Å². The second-order valence-electron chi connectivity index (χ2n) is 6.97. The third-order valence-corrected chi connectivity index (χ3v) is 6.05. The number of benzene rings is 2. The molecule has 0 aliphatic heterocycles. The van der Waals surface area contributed by atoms with Gasteiger partial charge in [0.25, 0.3) is 0 Å². The Hall–Kier alpha value is -3.24. The van der Waals surface area contributed by atoms with Crippen molar-refractivity contribution in [3.8, 4) is 23.0 Å². The lowest BCUT2D eigenvalue weighted by molar-refractivity contribution is -0.157. The van der Waals surface area contributed by atoms with Gasteiger partial charge in [0.1, 0.15) is 23.0 Å². The number of hydrogen-bond donors (Lipinski definition) is 2. The summed E-state index contributed by atoms with van der Waals surface area (Å²) in [7, 11) is 1.89. The van der Waals surface area contributed by atoms with Crippen LogP contribution < -0.4 is 18.9 Å². The van der Waals surface area contributed by atoms with E-state index >= 15 is 0 Å². The molecule has 0 bridgehead atoms. The fourth-order valence-corrected chi connectivity index (χ4v) is 4.07. The Labute approximate surface area is 186 Å². The van der Waals surface area contributed by atoms with Crippen molar-refractivity contribution in [2.24, 2.45) is 0 Å². The number of sulfone groups is 1. The van der Waals surface area contributed by atoms with Crippen molar-refractivity contribution in [2.45, 2.75) is 18.3 Å². The zero-order valence-electron chi connectivity index (χ0n) is 18.4. The van der Waals surface area contributed by atoms with Crippen LogP contribution in [0.5, 0.6) is 23.0 Å². The predicted octanol–water partition coefficient (Wildman–Crippen LogP) is 2.60. The second-order valence-corrected chi connectivity index (χ2v) is 8.85. The molecule has 0 spiro atoms. The molecule has 174 valence electrons. The maximum absolute atomic E-state index is 12.7. The third-order valence-electron chi connectivity index (χ3n) is 4.77. The first-order valence-corrected chi connectivity index (χ1v) is 11.0. The van der Waals surface area contributed by atoms with Crippen molar-refractivity contribution in [3.05, 3.63) is 52.4 Å². The molecule has 2 rings (SSSR count). The lowest BCUT2D eigenvalue weighted by Gasteiger charge is -2.21. The largest absolute Gasteiger partial charge is 0.496 e. The van der Waals surface area contributed by atoms with E-state index in [0.717, 1.165) is 12.3 Å². The Morgan fingerprint density at radius 3 is 2.00 bits per heavy atom. The first kappa shape index (κ1) is 25.0. The number of carboxylic acids is 1. The van der Waals surface area contributed by atoms with Gasteiger partial charge >= 0.3 is 5.97 Å². The van der Waals surface area contributed by atoms with Gasteiger partial charge in [-0.15, -0.1) is 0 Å². The van der Waals surface area contributed by atoms with E-state index in [2.05, 4.69) is 0 Å². The topological polar surface area (TPSA) is 129 Å². The molecule has 2 aromatic rings. The van der Waals surface area contributed by atoms with Gasteiger partial charge in [-0.1, -0.05) is 6.07 Å². The number of aliphatic hydroxyl groups is 1. The van der Waals surface area contributed by atoms with E-state index in [-0.39, 0.29) is 16.9 Å². The zero-order chi connectivity index (χ0) is 24.1. The predicted molar refractivity (Wildman–Crippen MR) is 118 cm³/mol. The summed E-state index contributed by atoms with van der Waals surface area (Å²) in [5, 5.41) is 20.7. The van der Waals surface area contributed by atoms with Gasteiger partial charge in [0.15, 0.2) is 15.4 Å². The van der Waals surface area contributed by atoms with Crippen LogP contribution in [-0.2, 0) is 26.0 Å². The minimum Gasteiger partial charge on any atom is -0.496 e. The molecular formula is C22H26O9S. The van der Waals surface area contributed by atoms with Crippen LogP contribution in [0.25, 0.3) is 6.08 Å². The summed E-state index contributed by atoms with van der Waals surface area (Å²) in [6.45, 7) is 1.09. The lowest BCUT2D eigenvalue weighted by atomic mass is 9.94. The standard InChI is InChI=1S/C22H26O9S/c1-22(25,21(23)24)17-10-14(6-7-18(17)29-3)13-32(26,27)9-8-16-19(30-4)11-15(28-2)12-20(16)31-5/h6-12,25H,13H2,1-5H3,(H,23,24). The summed E-state index contributed by atoms with van der Waals surface area (Å²) in [6, 6.07) is 7.39. The molecule has 10 heteroatoms. The summed E-state index contributed by atoms with van der Waals surface area (Å²) in [5.41, 5.74) is -1.63. The van der Waals surface area contributed by atoms with Crippen LogP contribution >= 0.6 is 0 Å². The molecule has 0 aliphatic carbocycles. The van der Waals surface area contributed by atoms with E-state index in [0.29, 0.717) is 22.8 Å². The van der Waals surface area contributed by atoms with E-state index < -0.39 is 27.2 Å². The molecule has 0 aromatic heterocycles. The fraction of sp³-hybridized carbons (Fsp3) is 0.318. The van der Waals surface area contributed by atoms with Crippen LogP contribution in [0.2, 0.25) is 0 Å². The van der Waals surface area contributed by atoms with Crippen molar-refractivity contribution in [1.29, 1.82) is 0 Å². The summed E-state index contributed by atoms with van der Waals surface area (Å²) < 4.78 is 46.4. The molecule has 0 radical (unpaired) electrons. The van der Waals surface area contributed by atoms with Crippen LogP contribution in [0.1, 0.15) is 23.6 Å². The molecule has 0 fully saturated rings. The van der Waals surface area contributed by atoms with Crippen LogP contribution in [0.4, 0.5) is 0 Å². The highest BCUT2D eigenvalue weighted by Crippen LogP contribution is 2.35. The Morgan fingerprint density at radius 1 is 0.969 bits per heavy atom. The van der Waals surface area contributed by atoms with Gasteiger partial charge in [-0.05, 0) is 30.7 Å².